The van der Waals surface area contributed by atoms with Crippen LogP contribution in [0.25, 0.3) is 33.4 Å². The number of rotatable bonds is 4. The molecule has 0 amide bonds. The highest BCUT2D eigenvalue weighted by Gasteiger charge is 2.13. The number of benzene rings is 2. The van der Waals surface area contributed by atoms with Crippen molar-refractivity contribution in [2.75, 3.05) is 0 Å². The lowest BCUT2D eigenvalue weighted by atomic mass is 9.98. The van der Waals surface area contributed by atoms with Crippen LogP contribution in [0.15, 0.2) is 60.7 Å². The van der Waals surface area contributed by atoms with Crippen molar-refractivity contribution in [2.24, 2.45) is 0 Å². The summed E-state index contributed by atoms with van der Waals surface area (Å²) in [6, 6.07) is 20.8. The van der Waals surface area contributed by atoms with Gasteiger partial charge in [0.05, 0.1) is 5.52 Å². The lowest BCUT2D eigenvalue weighted by Crippen LogP contribution is -2.02. The minimum absolute atomic E-state index is 0.556. The summed E-state index contributed by atoms with van der Waals surface area (Å²) in [5.41, 5.74) is 7.52. The molecule has 7 heteroatoms. The van der Waals surface area contributed by atoms with E-state index in [0.717, 1.165) is 45.5 Å². The van der Waals surface area contributed by atoms with E-state index in [0.29, 0.717) is 11.0 Å². The summed E-state index contributed by atoms with van der Waals surface area (Å²) in [7, 11) is 0. The van der Waals surface area contributed by atoms with E-state index in [1.54, 1.807) is 0 Å². The van der Waals surface area contributed by atoms with Gasteiger partial charge in [-0.05, 0) is 47.9 Å². The number of pyridine rings is 1. The first-order valence-electron chi connectivity index (χ1n) is 9.65. The van der Waals surface area contributed by atoms with Crippen LogP contribution in [-0.2, 0) is 6.54 Å². The van der Waals surface area contributed by atoms with Crippen LogP contribution in [0.3, 0.4) is 0 Å². The summed E-state index contributed by atoms with van der Waals surface area (Å²) in [6.45, 7) is 4.83. The molecule has 0 saturated heterocycles. The zero-order valence-electron chi connectivity index (χ0n) is 16.6. The lowest BCUT2D eigenvalue weighted by molar-refractivity contribution is 0.804. The smallest absolute Gasteiger partial charge is 0.205 e. The lowest BCUT2D eigenvalue weighted by Gasteiger charge is -2.11. The molecule has 0 saturated carbocycles. The highest BCUT2D eigenvalue weighted by Crippen LogP contribution is 2.31. The largest absolute Gasteiger partial charge is 0.340 e. The molecule has 0 aliphatic carbocycles. The van der Waals surface area contributed by atoms with Gasteiger partial charge in [-0.3, -0.25) is 0 Å². The predicted octanol–water partition coefficient (Wildman–Crippen LogP) is 5.20. The molecular formula is C23H19ClN6. The van der Waals surface area contributed by atoms with Gasteiger partial charge in [0.1, 0.15) is 5.15 Å². The maximum atomic E-state index is 6.35. The van der Waals surface area contributed by atoms with Crippen molar-refractivity contribution >= 4 is 22.5 Å². The van der Waals surface area contributed by atoms with Crippen LogP contribution in [0.2, 0.25) is 5.15 Å². The van der Waals surface area contributed by atoms with E-state index in [1.165, 1.54) is 5.56 Å². The predicted molar refractivity (Wildman–Crippen MR) is 118 cm³/mol. The van der Waals surface area contributed by atoms with Crippen molar-refractivity contribution < 1.29 is 0 Å². The van der Waals surface area contributed by atoms with Crippen molar-refractivity contribution in [3.8, 4) is 22.5 Å². The molecule has 0 bridgehead atoms. The fraction of sp³-hybridized carbons (Fsp3) is 0.130. The fourth-order valence-corrected chi connectivity index (χ4v) is 4.13. The fourth-order valence-electron chi connectivity index (χ4n) is 3.85. The number of nitrogens with zero attached hydrogens (tertiary/aromatic N) is 5. The van der Waals surface area contributed by atoms with E-state index >= 15 is 0 Å². The molecule has 0 spiro atoms. The molecule has 30 heavy (non-hydrogen) atoms. The van der Waals surface area contributed by atoms with Gasteiger partial charge < -0.3 is 4.57 Å². The Balaban J connectivity index is 1.49. The van der Waals surface area contributed by atoms with E-state index in [9.17, 15) is 0 Å². The molecule has 0 radical (unpaired) electrons. The van der Waals surface area contributed by atoms with Crippen LogP contribution in [0.5, 0.6) is 0 Å². The molecular weight excluding hydrogens is 396 g/mol. The standard InChI is InChI=1S/C23H19ClN6/c1-14-11-21-20(22(24)25-14)12-15(2)30(21)13-16-7-9-17(10-8-16)18-5-3-4-6-19(18)23-26-28-29-27-23/h3-12H,13H2,1-2H3,(H,26,27,28,29). The van der Waals surface area contributed by atoms with E-state index in [4.69, 9.17) is 11.6 Å². The third-order valence-electron chi connectivity index (χ3n) is 5.31. The monoisotopic (exact) mass is 414 g/mol. The van der Waals surface area contributed by atoms with Crippen LogP contribution in [0.1, 0.15) is 17.0 Å². The number of halogens is 1. The number of nitrogens with one attached hydrogen (secondary N) is 1. The number of H-pyrrole nitrogens is 1. The second-order valence-corrected chi connectivity index (χ2v) is 7.70. The SMILES string of the molecule is Cc1cc2c(cc(C)n2Cc2ccc(-c3ccccc3-c3nn[nH]n3)cc2)c(Cl)n1. The Morgan fingerprint density at radius 2 is 1.73 bits per heavy atom. The quantitative estimate of drug-likeness (QED) is 0.410. The van der Waals surface area contributed by atoms with Crippen molar-refractivity contribution in [3.05, 3.63) is 82.8 Å². The molecule has 0 aliphatic rings. The van der Waals surface area contributed by atoms with Gasteiger partial charge in [-0.1, -0.05) is 60.1 Å². The molecule has 6 nitrogen and oxygen atoms in total. The first-order chi connectivity index (χ1) is 14.6. The highest BCUT2D eigenvalue weighted by atomic mass is 35.5. The Kier molecular flexibility index (Phi) is 4.56. The Morgan fingerprint density at radius 3 is 2.47 bits per heavy atom. The van der Waals surface area contributed by atoms with Gasteiger partial charge in [-0.2, -0.15) is 5.21 Å². The van der Waals surface area contributed by atoms with Crippen LogP contribution < -0.4 is 0 Å². The van der Waals surface area contributed by atoms with Crippen LogP contribution in [0, 0.1) is 13.8 Å². The summed E-state index contributed by atoms with van der Waals surface area (Å²) in [5, 5.41) is 16.0. The van der Waals surface area contributed by atoms with Gasteiger partial charge in [-0.15, -0.1) is 10.2 Å². The summed E-state index contributed by atoms with van der Waals surface area (Å²) in [6.07, 6.45) is 0. The van der Waals surface area contributed by atoms with Gasteiger partial charge in [-0.25, -0.2) is 4.98 Å². The molecule has 3 aromatic heterocycles. The second kappa shape index (κ2) is 7.39. The molecule has 0 atom stereocenters. The van der Waals surface area contributed by atoms with Gasteiger partial charge in [0.15, 0.2) is 0 Å². The van der Waals surface area contributed by atoms with Crippen LogP contribution in [0.4, 0.5) is 0 Å². The normalized spacial score (nSPS) is 11.3. The Labute approximate surface area is 178 Å². The number of aryl methyl sites for hydroxylation is 2. The zero-order valence-corrected chi connectivity index (χ0v) is 17.4. The van der Waals surface area contributed by atoms with E-state index in [2.05, 4.69) is 79.6 Å². The van der Waals surface area contributed by atoms with Crippen LogP contribution in [-0.4, -0.2) is 30.2 Å². The molecule has 0 fully saturated rings. The minimum Gasteiger partial charge on any atom is -0.340 e. The first-order valence-corrected chi connectivity index (χ1v) is 10.0. The molecule has 148 valence electrons. The van der Waals surface area contributed by atoms with E-state index < -0.39 is 0 Å². The Morgan fingerprint density at radius 1 is 0.967 bits per heavy atom. The molecule has 0 unspecified atom stereocenters. The maximum Gasteiger partial charge on any atom is 0.205 e. The van der Waals surface area contributed by atoms with Gasteiger partial charge >= 0.3 is 0 Å². The number of fused-ring (bicyclic) bond motifs is 1. The maximum absolute atomic E-state index is 6.35. The second-order valence-electron chi connectivity index (χ2n) is 7.34. The Hall–Kier alpha value is -3.51. The number of aromatic amines is 1. The minimum atomic E-state index is 0.556. The molecule has 0 aliphatic heterocycles. The topological polar surface area (TPSA) is 72.3 Å². The molecule has 5 aromatic rings. The molecule has 1 N–H and O–H groups in total. The van der Waals surface area contributed by atoms with Crippen molar-refractivity contribution in [1.29, 1.82) is 0 Å². The van der Waals surface area contributed by atoms with E-state index in [-0.39, 0.29) is 0 Å². The molecule has 3 heterocycles. The first kappa shape index (κ1) is 18.5. The number of aromatic nitrogens is 6. The van der Waals surface area contributed by atoms with Gasteiger partial charge in [0.2, 0.25) is 5.82 Å². The summed E-state index contributed by atoms with van der Waals surface area (Å²) in [5.74, 6) is 0.588. The van der Waals surface area contributed by atoms with Crippen LogP contribution >= 0.6 is 11.6 Å². The third-order valence-corrected chi connectivity index (χ3v) is 5.60. The number of hydrogen-bond acceptors (Lipinski definition) is 4. The number of hydrogen-bond donors (Lipinski definition) is 1. The molecule has 5 rings (SSSR count). The summed E-state index contributed by atoms with van der Waals surface area (Å²) >= 11 is 6.35. The number of tetrazole rings is 1. The van der Waals surface area contributed by atoms with Crippen molar-refractivity contribution in [2.45, 2.75) is 20.4 Å². The van der Waals surface area contributed by atoms with Gasteiger partial charge in [0, 0.05) is 28.9 Å². The van der Waals surface area contributed by atoms with E-state index in [1.807, 2.05) is 25.1 Å². The molecule has 2 aromatic carbocycles. The third kappa shape index (κ3) is 3.25. The van der Waals surface area contributed by atoms with Gasteiger partial charge in [0.25, 0.3) is 0 Å². The highest BCUT2D eigenvalue weighted by molar-refractivity contribution is 6.34. The summed E-state index contributed by atoms with van der Waals surface area (Å²) < 4.78 is 2.28. The zero-order chi connectivity index (χ0) is 20.7. The average molecular weight is 415 g/mol. The van der Waals surface area contributed by atoms with Crippen molar-refractivity contribution in [1.82, 2.24) is 30.2 Å². The summed E-state index contributed by atoms with van der Waals surface area (Å²) in [4.78, 5) is 4.37. The Bertz CT molecular complexity index is 1340. The average Bonchev–Trinajstić information content (AvgIpc) is 3.38. The van der Waals surface area contributed by atoms with Crippen molar-refractivity contribution in [3.63, 3.8) is 0 Å².